The van der Waals surface area contributed by atoms with Crippen LogP contribution in [0.15, 0.2) is 47.8 Å². The number of hydrogen-bond donors (Lipinski definition) is 2. The summed E-state index contributed by atoms with van der Waals surface area (Å²) in [5, 5.41) is 13.2. The number of hydrogen-bond acceptors (Lipinski definition) is 5. The third-order valence-corrected chi connectivity index (χ3v) is 6.19. The largest absolute Gasteiger partial charge is 0.495 e. The van der Waals surface area contributed by atoms with E-state index in [4.69, 9.17) is 9.47 Å². The smallest absolute Gasteiger partial charge is 0.255 e. The van der Waals surface area contributed by atoms with Crippen LogP contribution >= 0.6 is 11.3 Å². The maximum Gasteiger partial charge on any atom is 0.255 e. The molecular formula is C24H21N3O3S. The first-order valence-corrected chi connectivity index (χ1v) is 10.9. The molecule has 3 heterocycles. The minimum absolute atomic E-state index is 0.179. The molecule has 0 saturated carbocycles. The van der Waals surface area contributed by atoms with Crippen molar-refractivity contribution in [2.24, 2.45) is 0 Å². The SMILES string of the molecule is COc1c(C(=O)NCc2cccs2)ccc2[nH]nc(/C=C/c3ccc4c(c3)CCO4)c12. The molecule has 0 fully saturated rings. The predicted molar refractivity (Wildman–Crippen MR) is 123 cm³/mol. The molecule has 7 heteroatoms. The Morgan fingerprint density at radius 2 is 2.23 bits per heavy atom. The zero-order chi connectivity index (χ0) is 21.2. The minimum atomic E-state index is -0.179. The number of H-pyrrole nitrogens is 1. The van der Waals surface area contributed by atoms with Crippen molar-refractivity contribution in [2.45, 2.75) is 13.0 Å². The van der Waals surface area contributed by atoms with E-state index in [1.165, 1.54) is 5.56 Å². The van der Waals surface area contributed by atoms with E-state index in [1.807, 2.05) is 47.9 Å². The van der Waals surface area contributed by atoms with Crippen molar-refractivity contribution < 1.29 is 14.3 Å². The maximum atomic E-state index is 12.8. The second-order valence-corrected chi connectivity index (χ2v) is 8.27. The van der Waals surface area contributed by atoms with Crippen molar-refractivity contribution in [1.29, 1.82) is 0 Å². The van der Waals surface area contributed by atoms with Gasteiger partial charge in [0.1, 0.15) is 11.5 Å². The molecule has 1 amide bonds. The molecule has 2 N–H and O–H groups in total. The lowest BCUT2D eigenvalue weighted by Crippen LogP contribution is -2.22. The lowest BCUT2D eigenvalue weighted by Gasteiger charge is -2.10. The van der Waals surface area contributed by atoms with Crippen molar-refractivity contribution in [3.63, 3.8) is 0 Å². The maximum absolute atomic E-state index is 12.8. The summed E-state index contributed by atoms with van der Waals surface area (Å²) >= 11 is 1.61. The van der Waals surface area contributed by atoms with E-state index in [0.29, 0.717) is 17.9 Å². The Morgan fingerprint density at radius 1 is 1.29 bits per heavy atom. The molecular weight excluding hydrogens is 410 g/mol. The zero-order valence-electron chi connectivity index (χ0n) is 17.0. The van der Waals surface area contributed by atoms with E-state index in [1.54, 1.807) is 24.5 Å². The van der Waals surface area contributed by atoms with E-state index in [9.17, 15) is 4.79 Å². The van der Waals surface area contributed by atoms with Gasteiger partial charge in [-0.2, -0.15) is 5.10 Å². The molecule has 156 valence electrons. The van der Waals surface area contributed by atoms with Gasteiger partial charge in [0, 0.05) is 11.3 Å². The van der Waals surface area contributed by atoms with Crippen LogP contribution in [0, 0.1) is 0 Å². The Morgan fingerprint density at radius 3 is 3.06 bits per heavy atom. The number of amides is 1. The highest BCUT2D eigenvalue weighted by Crippen LogP contribution is 2.33. The fourth-order valence-corrected chi connectivity index (χ4v) is 4.42. The Labute approximate surface area is 183 Å². The highest BCUT2D eigenvalue weighted by atomic mass is 32.1. The van der Waals surface area contributed by atoms with E-state index in [2.05, 4.69) is 21.6 Å². The average Bonchev–Trinajstić information content (AvgIpc) is 3.55. The summed E-state index contributed by atoms with van der Waals surface area (Å²) < 4.78 is 11.2. The van der Waals surface area contributed by atoms with Gasteiger partial charge in [-0.05, 0) is 52.9 Å². The van der Waals surface area contributed by atoms with Gasteiger partial charge in [-0.15, -0.1) is 11.3 Å². The van der Waals surface area contributed by atoms with Crippen molar-refractivity contribution in [3.8, 4) is 11.5 Å². The van der Waals surface area contributed by atoms with Gasteiger partial charge >= 0.3 is 0 Å². The van der Waals surface area contributed by atoms with Gasteiger partial charge in [-0.1, -0.05) is 18.2 Å². The topological polar surface area (TPSA) is 76.2 Å². The van der Waals surface area contributed by atoms with Gasteiger partial charge in [-0.3, -0.25) is 9.89 Å². The van der Waals surface area contributed by atoms with Gasteiger partial charge < -0.3 is 14.8 Å². The summed E-state index contributed by atoms with van der Waals surface area (Å²) in [7, 11) is 1.58. The Balaban J connectivity index is 1.45. The standard InChI is InChI=1S/C24H21N3O3S/c1-29-23-18(24(28)25-14-17-3-2-12-31-17)6-8-20-22(23)19(26-27-20)7-4-15-5-9-21-16(13-15)10-11-30-21/h2-9,12-13H,10-11,14H2,1H3,(H,25,28)(H,26,27)/b7-4+. The van der Waals surface area contributed by atoms with Crippen molar-refractivity contribution in [1.82, 2.24) is 15.5 Å². The number of fused-ring (bicyclic) bond motifs is 2. The number of nitrogens with zero attached hydrogens (tertiary/aromatic N) is 1. The molecule has 1 aliphatic heterocycles. The highest BCUT2D eigenvalue weighted by Gasteiger charge is 2.19. The minimum Gasteiger partial charge on any atom is -0.495 e. The summed E-state index contributed by atoms with van der Waals surface area (Å²) in [4.78, 5) is 13.9. The number of methoxy groups -OCH3 is 1. The first-order valence-electron chi connectivity index (χ1n) is 10.0. The second kappa shape index (κ2) is 8.28. The summed E-state index contributed by atoms with van der Waals surface area (Å²) in [6.07, 6.45) is 4.88. The van der Waals surface area contributed by atoms with Crippen LogP contribution in [0.4, 0.5) is 0 Å². The first kappa shape index (κ1) is 19.4. The lowest BCUT2D eigenvalue weighted by atomic mass is 10.1. The highest BCUT2D eigenvalue weighted by molar-refractivity contribution is 7.09. The number of nitrogens with one attached hydrogen (secondary N) is 2. The second-order valence-electron chi connectivity index (χ2n) is 7.24. The third kappa shape index (κ3) is 3.80. The van der Waals surface area contributed by atoms with E-state index >= 15 is 0 Å². The van der Waals surface area contributed by atoms with Crippen LogP contribution in [0.1, 0.15) is 32.1 Å². The summed E-state index contributed by atoms with van der Waals surface area (Å²) in [5.41, 5.74) is 4.31. The summed E-state index contributed by atoms with van der Waals surface area (Å²) in [6, 6.07) is 13.7. The third-order valence-electron chi connectivity index (χ3n) is 5.31. The number of ether oxygens (including phenoxy) is 2. The summed E-state index contributed by atoms with van der Waals surface area (Å²) in [6.45, 7) is 1.22. The quantitative estimate of drug-likeness (QED) is 0.465. The fraction of sp³-hybridized carbons (Fsp3) is 0.167. The van der Waals surface area contributed by atoms with E-state index in [-0.39, 0.29) is 5.91 Å². The zero-order valence-corrected chi connectivity index (χ0v) is 17.8. The van der Waals surface area contributed by atoms with Gasteiger partial charge in [0.15, 0.2) is 0 Å². The van der Waals surface area contributed by atoms with Crippen molar-refractivity contribution in [2.75, 3.05) is 13.7 Å². The van der Waals surface area contributed by atoms with Crippen LogP contribution in [0.2, 0.25) is 0 Å². The molecule has 0 saturated heterocycles. The molecule has 0 spiro atoms. The van der Waals surface area contributed by atoms with Crippen LogP contribution in [0.3, 0.4) is 0 Å². The van der Waals surface area contributed by atoms with Gasteiger partial charge in [-0.25, -0.2) is 0 Å². The number of rotatable bonds is 6. The fourth-order valence-electron chi connectivity index (χ4n) is 3.78. The average molecular weight is 432 g/mol. The molecule has 0 bridgehead atoms. The molecule has 0 aliphatic carbocycles. The van der Waals surface area contributed by atoms with Crippen molar-refractivity contribution >= 4 is 40.3 Å². The van der Waals surface area contributed by atoms with Crippen LogP contribution in [0.5, 0.6) is 11.5 Å². The number of benzene rings is 2. The van der Waals surface area contributed by atoms with Gasteiger partial charge in [0.2, 0.25) is 0 Å². The number of aromatic amines is 1. The van der Waals surface area contributed by atoms with Crippen molar-refractivity contribution in [3.05, 3.63) is 75.1 Å². The molecule has 31 heavy (non-hydrogen) atoms. The first-order chi connectivity index (χ1) is 15.2. The number of aromatic nitrogens is 2. The number of thiophene rings is 1. The molecule has 4 aromatic rings. The van der Waals surface area contributed by atoms with E-state index < -0.39 is 0 Å². The van der Waals surface area contributed by atoms with Gasteiger partial charge in [0.25, 0.3) is 5.91 Å². The normalized spacial score (nSPS) is 12.8. The molecule has 5 rings (SSSR count). The molecule has 0 radical (unpaired) electrons. The monoisotopic (exact) mass is 431 g/mol. The molecule has 2 aromatic heterocycles. The Hall–Kier alpha value is -3.58. The number of carbonyl (C=O) groups excluding carboxylic acids is 1. The molecule has 6 nitrogen and oxygen atoms in total. The van der Waals surface area contributed by atoms with Crippen LogP contribution in [-0.2, 0) is 13.0 Å². The summed E-state index contributed by atoms with van der Waals surface area (Å²) in [5.74, 6) is 1.29. The molecule has 0 unspecified atom stereocenters. The van der Waals surface area contributed by atoms with Crippen LogP contribution in [-0.4, -0.2) is 29.8 Å². The Kier molecular flexibility index (Phi) is 5.18. The van der Waals surface area contributed by atoms with Gasteiger partial charge in [0.05, 0.1) is 42.4 Å². The predicted octanol–water partition coefficient (Wildman–Crippen LogP) is 4.67. The Bertz CT molecular complexity index is 1270. The molecule has 1 aliphatic rings. The molecule has 2 aromatic carbocycles. The lowest BCUT2D eigenvalue weighted by molar-refractivity contribution is 0.0948. The van der Waals surface area contributed by atoms with Crippen LogP contribution in [0.25, 0.3) is 23.1 Å². The number of carbonyl (C=O) groups is 1. The van der Waals surface area contributed by atoms with E-state index in [0.717, 1.165) is 45.8 Å². The molecule has 0 atom stereocenters. The van der Waals surface area contributed by atoms with Crippen LogP contribution < -0.4 is 14.8 Å².